The first-order valence-electron chi connectivity index (χ1n) is 3.95. The van der Waals surface area contributed by atoms with Crippen LogP contribution in [0.5, 0.6) is 0 Å². The lowest BCUT2D eigenvalue weighted by molar-refractivity contribution is -0.144. The summed E-state index contributed by atoms with van der Waals surface area (Å²) >= 11 is 0.971. The molecule has 14 heavy (non-hydrogen) atoms. The minimum absolute atomic E-state index is 0.107. The van der Waals surface area contributed by atoms with Crippen LogP contribution >= 0.6 is 11.8 Å². The van der Waals surface area contributed by atoms with E-state index in [0.29, 0.717) is 0 Å². The van der Waals surface area contributed by atoms with Gasteiger partial charge in [0, 0.05) is 19.6 Å². The fourth-order valence-corrected chi connectivity index (χ4v) is 1.38. The van der Waals surface area contributed by atoms with Gasteiger partial charge in [0.1, 0.15) is 6.04 Å². The second-order valence-corrected chi connectivity index (χ2v) is 3.78. The molecule has 0 aromatic carbocycles. The first kappa shape index (κ1) is 13.0. The molecule has 0 saturated carbocycles. The van der Waals surface area contributed by atoms with Gasteiger partial charge in [-0.25, -0.2) is 4.79 Å². The molecule has 0 aliphatic heterocycles. The third kappa shape index (κ3) is 5.58. The van der Waals surface area contributed by atoms with Crippen LogP contribution in [0.25, 0.3) is 0 Å². The lowest BCUT2D eigenvalue weighted by Crippen LogP contribution is -2.42. The van der Waals surface area contributed by atoms with Crippen LogP contribution in [0, 0.1) is 0 Å². The molecule has 0 aliphatic rings. The molecule has 1 atom stereocenters. The summed E-state index contributed by atoms with van der Waals surface area (Å²) in [6.07, 6.45) is 0. The van der Waals surface area contributed by atoms with Crippen molar-refractivity contribution in [3.8, 4) is 0 Å². The van der Waals surface area contributed by atoms with E-state index >= 15 is 0 Å². The zero-order valence-electron chi connectivity index (χ0n) is 8.33. The number of hydrogen-bond acceptors (Lipinski definition) is 5. The normalized spacial score (nSPS) is 11.6. The van der Waals surface area contributed by atoms with E-state index in [2.05, 4.69) is 10.1 Å². The van der Waals surface area contributed by atoms with Crippen LogP contribution < -0.4 is 5.32 Å². The van der Waals surface area contributed by atoms with E-state index < -0.39 is 12.0 Å². The average molecular weight is 219 g/mol. The van der Waals surface area contributed by atoms with Crippen LogP contribution in [0.1, 0.15) is 13.8 Å². The number of carbonyl (C=O) groups is 3. The SMILES string of the molecule is COC(=O)[C@@H](CSC(C)=O)NC(C)=O. The van der Waals surface area contributed by atoms with Crippen LogP contribution in [0.3, 0.4) is 0 Å². The Labute approximate surface area is 86.6 Å². The van der Waals surface area contributed by atoms with Gasteiger partial charge in [0.15, 0.2) is 5.12 Å². The minimum Gasteiger partial charge on any atom is -0.467 e. The Morgan fingerprint density at radius 2 is 1.93 bits per heavy atom. The number of ether oxygens (including phenoxy) is 1. The highest BCUT2D eigenvalue weighted by Crippen LogP contribution is 2.05. The molecule has 1 amide bonds. The molecule has 0 aliphatic carbocycles. The number of rotatable bonds is 4. The van der Waals surface area contributed by atoms with Gasteiger partial charge in [0.05, 0.1) is 7.11 Å². The van der Waals surface area contributed by atoms with E-state index in [9.17, 15) is 14.4 Å². The third-order valence-electron chi connectivity index (χ3n) is 1.32. The van der Waals surface area contributed by atoms with Gasteiger partial charge >= 0.3 is 5.97 Å². The molecular weight excluding hydrogens is 206 g/mol. The van der Waals surface area contributed by atoms with Gasteiger partial charge in [-0.2, -0.15) is 0 Å². The van der Waals surface area contributed by atoms with Crippen molar-refractivity contribution in [2.75, 3.05) is 12.9 Å². The standard InChI is InChI=1S/C8H13NO4S/c1-5(10)9-7(8(12)13-3)4-14-6(2)11/h7H,4H2,1-3H3,(H,9,10)/t7-/m1/s1. The molecule has 0 saturated heterocycles. The average Bonchev–Trinajstić information content (AvgIpc) is 2.10. The summed E-state index contributed by atoms with van der Waals surface area (Å²) in [4.78, 5) is 32.4. The number of methoxy groups -OCH3 is 1. The molecule has 0 rings (SSSR count). The highest BCUT2D eigenvalue weighted by Gasteiger charge is 2.20. The maximum absolute atomic E-state index is 11.1. The first-order valence-corrected chi connectivity index (χ1v) is 4.94. The molecule has 0 heterocycles. The van der Waals surface area contributed by atoms with Crippen LogP contribution in [-0.2, 0) is 19.1 Å². The Hall–Kier alpha value is -1.04. The molecule has 0 radical (unpaired) electrons. The number of esters is 1. The van der Waals surface area contributed by atoms with Gasteiger partial charge in [0.25, 0.3) is 0 Å². The summed E-state index contributed by atoms with van der Waals surface area (Å²) in [7, 11) is 1.23. The fourth-order valence-electron chi connectivity index (χ4n) is 0.757. The van der Waals surface area contributed by atoms with Crippen molar-refractivity contribution in [2.45, 2.75) is 19.9 Å². The summed E-state index contributed by atoms with van der Waals surface area (Å²) in [5.41, 5.74) is 0. The van der Waals surface area contributed by atoms with Crippen LogP contribution in [0.2, 0.25) is 0 Å². The first-order chi connectivity index (χ1) is 6.47. The maximum Gasteiger partial charge on any atom is 0.329 e. The molecule has 6 heteroatoms. The number of amides is 1. The van der Waals surface area contributed by atoms with Crippen molar-refractivity contribution in [1.29, 1.82) is 0 Å². The van der Waals surface area contributed by atoms with Gasteiger partial charge in [-0.05, 0) is 0 Å². The largest absolute Gasteiger partial charge is 0.467 e. The predicted molar refractivity (Wildman–Crippen MR) is 52.8 cm³/mol. The Bertz CT molecular complexity index is 241. The van der Waals surface area contributed by atoms with Crippen molar-refractivity contribution in [1.82, 2.24) is 5.32 Å². The van der Waals surface area contributed by atoms with E-state index in [0.717, 1.165) is 11.8 Å². The smallest absolute Gasteiger partial charge is 0.329 e. The number of carbonyl (C=O) groups excluding carboxylic acids is 3. The van der Waals surface area contributed by atoms with E-state index in [-0.39, 0.29) is 16.8 Å². The highest BCUT2D eigenvalue weighted by molar-refractivity contribution is 8.13. The van der Waals surface area contributed by atoms with E-state index in [1.54, 1.807) is 0 Å². The summed E-state index contributed by atoms with van der Waals surface area (Å²) in [6, 6.07) is -0.758. The molecule has 1 N–H and O–H groups in total. The van der Waals surface area contributed by atoms with Crippen LogP contribution in [-0.4, -0.2) is 35.9 Å². The quantitative estimate of drug-likeness (QED) is 0.671. The summed E-state index contributed by atoms with van der Waals surface area (Å²) in [6.45, 7) is 2.70. The number of nitrogens with one attached hydrogen (secondary N) is 1. The van der Waals surface area contributed by atoms with Crippen molar-refractivity contribution in [2.24, 2.45) is 0 Å². The minimum atomic E-state index is -0.758. The molecular formula is C8H13NO4S. The van der Waals surface area contributed by atoms with Crippen LogP contribution in [0.15, 0.2) is 0 Å². The predicted octanol–water partition coefficient (Wildman–Crippen LogP) is -0.0562. The van der Waals surface area contributed by atoms with E-state index in [4.69, 9.17) is 0 Å². The Balaban J connectivity index is 4.17. The molecule has 0 aromatic heterocycles. The topological polar surface area (TPSA) is 72.5 Å². The summed E-state index contributed by atoms with van der Waals surface area (Å²) in [5, 5.41) is 2.29. The van der Waals surface area contributed by atoms with Crippen molar-refractivity contribution >= 4 is 28.8 Å². The zero-order valence-corrected chi connectivity index (χ0v) is 9.14. The van der Waals surface area contributed by atoms with Crippen molar-refractivity contribution in [3.05, 3.63) is 0 Å². The highest BCUT2D eigenvalue weighted by atomic mass is 32.2. The van der Waals surface area contributed by atoms with Gasteiger partial charge in [0.2, 0.25) is 5.91 Å². The molecule has 0 bridgehead atoms. The fraction of sp³-hybridized carbons (Fsp3) is 0.625. The van der Waals surface area contributed by atoms with Gasteiger partial charge < -0.3 is 10.1 Å². The second-order valence-electron chi connectivity index (χ2n) is 2.58. The Morgan fingerprint density at radius 1 is 1.36 bits per heavy atom. The monoisotopic (exact) mass is 219 g/mol. The van der Waals surface area contributed by atoms with Gasteiger partial charge in [-0.1, -0.05) is 11.8 Å². The Morgan fingerprint density at radius 3 is 2.29 bits per heavy atom. The zero-order chi connectivity index (χ0) is 11.1. The molecule has 0 aromatic rings. The maximum atomic E-state index is 11.1. The lowest BCUT2D eigenvalue weighted by Gasteiger charge is -2.13. The Kier molecular flexibility index (Phi) is 5.94. The molecule has 0 spiro atoms. The summed E-state index contributed by atoms with van der Waals surface area (Å²) < 4.78 is 4.47. The van der Waals surface area contributed by atoms with E-state index in [1.165, 1.54) is 21.0 Å². The van der Waals surface area contributed by atoms with E-state index in [1.807, 2.05) is 0 Å². The number of thioether (sulfide) groups is 1. The third-order valence-corrected chi connectivity index (χ3v) is 2.22. The molecule has 0 fully saturated rings. The van der Waals surface area contributed by atoms with Crippen molar-refractivity contribution < 1.29 is 19.1 Å². The van der Waals surface area contributed by atoms with Crippen molar-refractivity contribution in [3.63, 3.8) is 0 Å². The van der Waals surface area contributed by atoms with Crippen LogP contribution in [0.4, 0.5) is 0 Å². The molecule has 80 valence electrons. The number of hydrogen-bond donors (Lipinski definition) is 1. The van der Waals surface area contributed by atoms with Gasteiger partial charge in [-0.15, -0.1) is 0 Å². The van der Waals surface area contributed by atoms with Gasteiger partial charge in [-0.3, -0.25) is 9.59 Å². The molecule has 0 unspecified atom stereocenters. The second kappa shape index (κ2) is 6.42. The summed E-state index contributed by atoms with van der Waals surface area (Å²) in [5.74, 6) is -0.680. The molecule has 5 nitrogen and oxygen atoms in total. The lowest BCUT2D eigenvalue weighted by atomic mass is 10.3.